The molecule has 0 bridgehead atoms. The highest BCUT2D eigenvalue weighted by Crippen LogP contribution is 2.21. The van der Waals surface area contributed by atoms with E-state index in [1.54, 1.807) is 38.3 Å². The Balaban J connectivity index is 1.53. The molecule has 0 aliphatic carbocycles. The zero-order valence-corrected chi connectivity index (χ0v) is 16.1. The SMILES string of the molecule is COc1ccc(O[C@H](C)C(=O)Nc2ccc(N3CCN(C)CC3)cc2)cc1. The number of hydrogen-bond donors (Lipinski definition) is 1. The van der Waals surface area contributed by atoms with Gasteiger partial charge < -0.3 is 24.6 Å². The van der Waals surface area contributed by atoms with Crippen LogP contribution in [-0.2, 0) is 4.79 Å². The van der Waals surface area contributed by atoms with E-state index in [1.165, 1.54) is 5.69 Å². The molecule has 2 aromatic carbocycles. The number of ether oxygens (including phenoxy) is 2. The third kappa shape index (κ3) is 5.14. The summed E-state index contributed by atoms with van der Waals surface area (Å²) in [4.78, 5) is 17.1. The molecule has 1 saturated heterocycles. The predicted octanol–water partition coefficient (Wildman–Crippen LogP) is 2.85. The zero-order chi connectivity index (χ0) is 19.2. The summed E-state index contributed by atoms with van der Waals surface area (Å²) in [5, 5.41) is 2.91. The number of carbonyl (C=O) groups is 1. The Morgan fingerprint density at radius 2 is 1.56 bits per heavy atom. The molecule has 27 heavy (non-hydrogen) atoms. The van der Waals surface area contributed by atoms with Gasteiger partial charge in [-0.3, -0.25) is 4.79 Å². The van der Waals surface area contributed by atoms with E-state index in [0.29, 0.717) is 5.75 Å². The molecule has 0 aromatic heterocycles. The minimum absolute atomic E-state index is 0.182. The van der Waals surface area contributed by atoms with Crippen molar-refractivity contribution in [3.8, 4) is 11.5 Å². The van der Waals surface area contributed by atoms with E-state index in [-0.39, 0.29) is 5.91 Å². The maximum absolute atomic E-state index is 12.4. The standard InChI is InChI=1S/C21H27N3O3/c1-16(27-20-10-8-19(26-3)9-11-20)21(25)22-17-4-6-18(7-5-17)24-14-12-23(2)13-15-24/h4-11,16H,12-15H2,1-3H3,(H,22,25)/t16-/m1/s1. The molecule has 1 atom stereocenters. The molecule has 0 saturated carbocycles. The van der Waals surface area contributed by atoms with Gasteiger partial charge in [0.25, 0.3) is 5.91 Å². The molecule has 1 aliphatic rings. The minimum atomic E-state index is -0.601. The molecular formula is C21H27N3O3. The second kappa shape index (κ2) is 8.77. The maximum Gasteiger partial charge on any atom is 0.265 e. The monoisotopic (exact) mass is 369 g/mol. The Morgan fingerprint density at radius 3 is 2.15 bits per heavy atom. The number of likely N-dealkylation sites (N-methyl/N-ethyl adjacent to an activating group) is 1. The molecule has 144 valence electrons. The van der Waals surface area contributed by atoms with Crippen LogP contribution < -0.4 is 19.7 Å². The Bertz CT molecular complexity index is 738. The molecule has 1 N–H and O–H groups in total. The number of nitrogens with one attached hydrogen (secondary N) is 1. The molecule has 6 heteroatoms. The van der Waals surface area contributed by atoms with Gasteiger partial charge in [-0.05, 0) is 62.5 Å². The van der Waals surface area contributed by atoms with E-state index in [2.05, 4.69) is 34.3 Å². The number of amides is 1. The van der Waals surface area contributed by atoms with Crippen LogP contribution in [0.1, 0.15) is 6.92 Å². The summed E-state index contributed by atoms with van der Waals surface area (Å²) in [5.74, 6) is 1.20. The van der Waals surface area contributed by atoms with Crippen molar-refractivity contribution >= 4 is 17.3 Å². The van der Waals surface area contributed by atoms with Crippen LogP contribution in [-0.4, -0.2) is 57.2 Å². The molecule has 1 aliphatic heterocycles. The minimum Gasteiger partial charge on any atom is -0.497 e. The Labute approximate surface area is 160 Å². The fraction of sp³-hybridized carbons (Fsp3) is 0.381. The first-order chi connectivity index (χ1) is 13.0. The third-order valence-corrected chi connectivity index (χ3v) is 4.74. The van der Waals surface area contributed by atoms with Crippen LogP contribution in [0.5, 0.6) is 11.5 Å². The lowest BCUT2D eigenvalue weighted by molar-refractivity contribution is -0.122. The fourth-order valence-corrected chi connectivity index (χ4v) is 2.98. The number of rotatable bonds is 6. The summed E-state index contributed by atoms with van der Waals surface area (Å²) in [6, 6.07) is 15.2. The van der Waals surface area contributed by atoms with Crippen molar-refractivity contribution in [2.45, 2.75) is 13.0 Å². The summed E-state index contributed by atoms with van der Waals surface area (Å²) in [6.45, 7) is 5.92. The summed E-state index contributed by atoms with van der Waals surface area (Å²) in [6.07, 6.45) is -0.601. The lowest BCUT2D eigenvalue weighted by Gasteiger charge is -2.34. The molecule has 0 spiro atoms. The van der Waals surface area contributed by atoms with Gasteiger partial charge in [-0.1, -0.05) is 0 Å². The van der Waals surface area contributed by atoms with Gasteiger partial charge >= 0.3 is 0 Å². The van der Waals surface area contributed by atoms with E-state index >= 15 is 0 Å². The Kier molecular flexibility index (Phi) is 6.19. The van der Waals surface area contributed by atoms with Crippen LogP contribution >= 0.6 is 0 Å². The van der Waals surface area contributed by atoms with Crippen molar-refractivity contribution in [1.82, 2.24) is 4.90 Å². The largest absolute Gasteiger partial charge is 0.497 e. The van der Waals surface area contributed by atoms with Crippen molar-refractivity contribution in [3.05, 3.63) is 48.5 Å². The lowest BCUT2D eigenvalue weighted by atomic mass is 10.2. The lowest BCUT2D eigenvalue weighted by Crippen LogP contribution is -2.44. The van der Waals surface area contributed by atoms with Gasteiger partial charge in [-0.2, -0.15) is 0 Å². The number of carbonyl (C=O) groups excluding carboxylic acids is 1. The number of benzene rings is 2. The average molecular weight is 369 g/mol. The van der Waals surface area contributed by atoms with E-state index in [4.69, 9.17) is 9.47 Å². The molecule has 0 radical (unpaired) electrons. The van der Waals surface area contributed by atoms with Crippen molar-refractivity contribution in [2.75, 3.05) is 50.6 Å². The van der Waals surface area contributed by atoms with Crippen molar-refractivity contribution < 1.29 is 14.3 Å². The van der Waals surface area contributed by atoms with E-state index < -0.39 is 6.10 Å². The summed E-state index contributed by atoms with van der Waals surface area (Å²) >= 11 is 0. The second-order valence-electron chi connectivity index (χ2n) is 6.76. The van der Waals surface area contributed by atoms with Gasteiger partial charge in [0, 0.05) is 37.6 Å². The average Bonchev–Trinajstić information content (AvgIpc) is 2.70. The number of hydrogen-bond acceptors (Lipinski definition) is 5. The quantitative estimate of drug-likeness (QED) is 0.849. The van der Waals surface area contributed by atoms with Crippen molar-refractivity contribution in [3.63, 3.8) is 0 Å². The van der Waals surface area contributed by atoms with Crippen LogP contribution in [0, 0.1) is 0 Å². The molecule has 3 rings (SSSR count). The van der Waals surface area contributed by atoms with Gasteiger partial charge in [0.05, 0.1) is 7.11 Å². The number of nitrogens with zero attached hydrogens (tertiary/aromatic N) is 2. The van der Waals surface area contributed by atoms with Crippen LogP contribution in [0.4, 0.5) is 11.4 Å². The number of piperazine rings is 1. The van der Waals surface area contributed by atoms with Crippen LogP contribution in [0.15, 0.2) is 48.5 Å². The first-order valence-corrected chi connectivity index (χ1v) is 9.20. The van der Waals surface area contributed by atoms with Gasteiger partial charge in [-0.25, -0.2) is 0 Å². The van der Waals surface area contributed by atoms with Crippen LogP contribution in [0.3, 0.4) is 0 Å². The van der Waals surface area contributed by atoms with E-state index in [0.717, 1.165) is 37.6 Å². The second-order valence-corrected chi connectivity index (χ2v) is 6.76. The Hall–Kier alpha value is -2.73. The summed E-state index contributed by atoms with van der Waals surface area (Å²) in [7, 11) is 3.76. The third-order valence-electron chi connectivity index (χ3n) is 4.74. The maximum atomic E-state index is 12.4. The van der Waals surface area contributed by atoms with Crippen molar-refractivity contribution in [1.29, 1.82) is 0 Å². The smallest absolute Gasteiger partial charge is 0.265 e. The van der Waals surface area contributed by atoms with E-state index in [1.807, 2.05) is 12.1 Å². The summed E-state index contributed by atoms with van der Waals surface area (Å²) < 4.78 is 10.8. The molecule has 1 heterocycles. The van der Waals surface area contributed by atoms with Gasteiger partial charge in [-0.15, -0.1) is 0 Å². The fourth-order valence-electron chi connectivity index (χ4n) is 2.98. The normalized spacial score (nSPS) is 15.9. The highest BCUT2D eigenvalue weighted by atomic mass is 16.5. The molecule has 6 nitrogen and oxygen atoms in total. The molecule has 1 amide bonds. The summed E-state index contributed by atoms with van der Waals surface area (Å²) in [5.41, 5.74) is 1.95. The Morgan fingerprint density at radius 1 is 0.963 bits per heavy atom. The molecule has 1 fully saturated rings. The highest BCUT2D eigenvalue weighted by Gasteiger charge is 2.16. The van der Waals surface area contributed by atoms with E-state index in [9.17, 15) is 4.79 Å². The first kappa shape index (κ1) is 19.0. The van der Waals surface area contributed by atoms with Crippen LogP contribution in [0.2, 0.25) is 0 Å². The molecule has 0 unspecified atom stereocenters. The zero-order valence-electron chi connectivity index (χ0n) is 16.1. The van der Waals surface area contributed by atoms with Gasteiger partial charge in [0.1, 0.15) is 11.5 Å². The number of anilines is 2. The first-order valence-electron chi connectivity index (χ1n) is 9.20. The van der Waals surface area contributed by atoms with Crippen molar-refractivity contribution in [2.24, 2.45) is 0 Å². The van der Waals surface area contributed by atoms with Crippen LogP contribution in [0.25, 0.3) is 0 Å². The highest BCUT2D eigenvalue weighted by molar-refractivity contribution is 5.94. The molecule has 2 aromatic rings. The topological polar surface area (TPSA) is 54.0 Å². The number of methoxy groups -OCH3 is 1. The van der Waals surface area contributed by atoms with Gasteiger partial charge in [0.15, 0.2) is 6.10 Å². The van der Waals surface area contributed by atoms with Gasteiger partial charge in [0.2, 0.25) is 0 Å². The molecular weight excluding hydrogens is 342 g/mol. The predicted molar refractivity (Wildman–Crippen MR) is 108 cm³/mol.